The van der Waals surface area contributed by atoms with Gasteiger partial charge in [-0.3, -0.25) is 0 Å². The number of nitrogens with zero attached hydrogens (tertiary/aromatic N) is 4. The van der Waals surface area contributed by atoms with Gasteiger partial charge in [-0.1, -0.05) is 34.8 Å². The van der Waals surface area contributed by atoms with Gasteiger partial charge in [-0.05, 0) is 30.7 Å². The minimum Gasteiger partial charge on any atom is -0.360 e. The fourth-order valence-electron chi connectivity index (χ4n) is 2.75. The third-order valence-corrected chi connectivity index (χ3v) is 4.63. The zero-order valence-electron chi connectivity index (χ0n) is 11.2. The fourth-order valence-corrected chi connectivity index (χ4v) is 3.42. The second kappa shape index (κ2) is 6.02. The van der Waals surface area contributed by atoms with Crippen LogP contribution in [0.4, 0.5) is 5.00 Å². The molecule has 0 saturated carbocycles. The molecule has 0 radical (unpaired) electrons. The molecule has 1 aliphatic rings. The van der Waals surface area contributed by atoms with Crippen LogP contribution in [0.2, 0.25) is 0 Å². The van der Waals surface area contributed by atoms with Gasteiger partial charge in [0, 0.05) is 24.6 Å². The number of hydrogen-bond acceptors (Lipinski definition) is 5. The van der Waals surface area contributed by atoms with E-state index in [1.807, 2.05) is 0 Å². The highest BCUT2D eigenvalue weighted by atomic mass is 32.1. The molecule has 1 aliphatic heterocycles. The van der Waals surface area contributed by atoms with Crippen molar-refractivity contribution in [2.24, 2.45) is 5.92 Å². The first-order valence-electron chi connectivity index (χ1n) is 6.88. The molecule has 4 nitrogen and oxygen atoms in total. The number of piperidine rings is 1. The van der Waals surface area contributed by atoms with E-state index in [1.54, 1.807) is 0 Å². The Labute approximate surface area is 122 Å². The molecule has 1 aromatic carbocycles. The summed E-state index contributed by atoms with van der Waals surface area (Å²) in [4.78, 5) is 2.25. The molecule has 2 heterocycles. The van der Waals surface area contributed by atoms with Gasteiger partial charge in [0.25, 0.3) is 0 Å². The van der Waals surface area contributed by atoms with Gasteiger partial charge in [0.05, 0.1) is 0 Å². The first-order chi connectivity index (χ1) is 9.86. The molecule has 2 aromatic rings. The number of rotatable bonds is 3. The van der Waals surface area contributed by atoms with Crippen molar-refractivity contribution < 1.29 is 0 Å². The molecule has 20 heavy (non-hydrogen) atoms. The maximum absolute atomic E-state index is 9.01. The van der Waals surface area contributed by atoms with Gasteiger partial charge >= 0.3 is 0 Å². The SMILES string of the molecule is N#Cc1nnsc1N1CCC(Cc2ccccc2)CC1. The van der Waals surface area contributed by atoms with E-state index in [0.29, 0.717) is 5.69 Å². The molecule has 102 valence electrons. The Morgan fingerprint density at radius 2 is 2.00 bits per heavy atom. The minimum absolute atomic E-state index is 0.469. The Kier molecular flexibility index (Phi) is 3.93. The van der Waals surface area contributed by atoms with E-state index in [4.69, 9.17) is 5.26 Å². The van der Waals surface area contributed by atoms with E-state index < -0.39 is 0 Å². The van der Waals surface area contributed by atoms with Crippen LogP contribution in [0, 0.1) is 17.2 Å². The second-order valence-corrected chi connectivity index (χ2v) is 5.89. The zero-order chi connectivity index (χ0) is 13.8. The van der Waals surface area contributed by atoms with Crippen LogP contribution in [0.5, 0.6) is 0 Å². The zero-order valence-corrected chi connectivity index (χ0v) is 12.0. The number of hydrogen-bond donors (Lipinski definition) is 0. The monoisotopic (exact) mass is 284 g/mol. The summed E-state index contributed by atoms with van der Waals surface area (Å²) in [7, 11) is 0. The molecular formula is C15H16N4S. The van der Waals surface area contributed by atoms with E-state index in [9.17, 15) is 0 Å². The topological polar surface area (TPSA) is 52.8 Å². The van der Waals surface area contributed by atoms with Crippen LogP contribution < -0.4 is 4.90 Å². The van der Waals surface area contributed by atoms with E-state index in [-0.39, 0.29) is 0 Å². The molecule has 5 heteroatoms. The minimum atomic E-state index is 0.469. The van der Waals surface area contributed by atoms with Gasteiger partial charge in [-0.2, -0.15) is 5.26 Å². The van der Waals surface area contributed by atoms with Crippen molar-refractivity contribution >= 4 is 16.5 Å². The van der Waals surface area contributed by atoms with Gasteiger partial charge in [0.15, 0.2) is 10.7 Å². The summed E-state index contributed by atoms with van der Waals surface area (Å²) in [6.07, 6.45) is 3.48. The number of benzene rings is 1. The largest absolute Gasteiger partial charge is 0.360 e. The number of nitriles is 1. The standard InChI is InChI=1S/C15H16N4S/c16-11-14-15(20-18-17-14)19-8-6-13(7-9-19)10-12-4-2-1-3-5-12/h1-5,13H,6-10H2. The summed E-state index contributed by atoms with van der Waals surface area (Å²) in [6, 6.07) is 12.8. The van der Waals surface area contributed by atoms with Crippen molar-refractivity contribution in [3.8, 4) is 6.07 Å². The van der Waals surface area contributed by atoms with E-state index in [2.05, 4.69) is 50.9 Å². The molecule has 0 spiro atoms. The summed E-state index contributed by atoms with van der Waals surface area (Å²) >= 11 is 1.33. The summed E-state index contributed by atoms with van der Waals surface area (Å²) in [5, 5.41) is 13.8. The molecule has 0 unspecified atom stereocenters. The first-order valence-corrected chi connectivity index (χ1v) is 7.65. The molecule has 0 atom stereocenters. The molecule has 1 fully saturated rings. The Hall–Kier alpha value is -1.93. The Morgan fingerprint density at radius 3 is 2.70 bits per heavy atom. The van der Waals surface area contributed by atoms with Crippen molar-refractivity contribution in [1.29, 1.82) is 5.26 Å². The highest BCUT2D eigenvalue weighted by Crippen LogP contribution is 2.29. The normalized spacial score (nSPS) is 16.1. The highest BCUT2D eigenvalue weighted by Gasteiger charge is 2.23. The van der Waals surface area contributed by atoms with Gasteiger partial charge < -0.3 is 4.90 Å². The van der Waals surface area contributed by atoms with Crippen LogP contribution >= 0.6 is 11.5 Å². The van der Waals surface area contributed by atoms with Crippen molar-refractivity contribution in [1.82, 2.24) is 9.59 Å². The maximum Gasteiger partial charge on any atom is 0.199 e. The lowest BCUT2D eigenvalue weighted by atomic mass is 9.90. The lowest BCUT2D eigenvalue weighted by Gasteiger charge is -2.32. The molecule has 0 bridgehead atoms. The van der Waals surface area contributed by atoms with Crippen LogP contribution in [0.1, 0.15) is 24.1 Å². The van der Waals surface area contributed by atoms with Crippen LogP contribution in [0.3, 0.4) is 0 Å². The Bertz CT molecular complexity index is 594. The Morgan fingerprint density at radius 1 is 1.25 bits per heavy atom. The van der Waals surface area contributed by atoms with Gasteiger partial charge in [0.2, 0.25) is 0 Å². The summed E-state index contributed by atoms with van der Waals surface area (Å²) in [6.45, 7) is 1.99. The average Bonchev–Trinajstić information content (AvgIpc) is 2.98. The van der Waals surface area contributed by atoms with Crippen LogP contribution in [0.25, 0.3) is 0 Å². The summed E-state index contributed by atoms with van der Waals surface area (Å²) in [5.41, 5.74) is 1.89. The molecule has 0 aliphatic carbocycles. The summed E-state index contributed by atoms with van der Waals surface area (Å²) in [5.74, 6) is 0.736. The van der Waals surface area contributed by atoms with Gasteiger partial charge in [-0.15, -0.1) is 5.10 Å². The maximum atomic E-state index is 9.01. The Balaban J connectivity index is 1.59. The molecule has 0 amide bonds. The molecule has 1 saturated heterocycles. The predicted molar refractivity (Wildman–Crippen MR) is 79.7 cm³/mol. The fraction of sp³-hybridized carbons (Fsp3) is 0.400. The molecule has 3 rings (SSSR count). The van der Waals surface area contributed by atoms with Crippen LogP contribution in [-0.4, -0.2) is 22.7 Å². The van der Waals surface area contributed by atoms with Crippen LogP contribution in [0.15, 0.2) is 30.3 Å². The second-order valence-electron chi connectivity index (χ2n) is 5.16. The molecule has 1 aromatic heterocycles. The van der Waals surface area contributed by atoms with E-state index in [1.165, 1.54) is 17.1 Å². The van der Waals surface area contributed by atoms with Gasteiger partial charge in [-0.25, -0.2) is 0 Å². The van der Waals surface area contributed by atoms with Crippen molar-refractivity contribution in [3.63, 3.8) is 0 Å². The third-order valence-electron chi connectivity index (χ3n) is 3.85. The van der Waals surface area contributed by atoms with E-state index >= 15 is 0 Å². The van der Waals surface area contributed by atoms with Crippen molar-refractivity contribution in [3.05, 3.63) is 41.6 Å². The lowest BCUT2D eigenvalue weighted by Crippen LogP contribution is -2.34. The molecule has 0 N–H and O–H groups in total. The highest BCUT2D eigenvalue weighted by molar-refractivity contribution is 7.10. The quantitative estimate of drug-likeness (QED) is 0.869. The average molecular weight is 284 g/mol. The smallest absolute Gasteiger partial charge is 0.199 e. The van der Waals surface area contributed by atoms with E-state index in [0.717, 1.165) is 43.3 Å². The lowest BCUT2D eigenvalue weighted by molar-refractivity contribution is 0.404. The number of anilines is 1. The third kappa shape index (κ3) is 2.81. The summed E-state index contributed by atoms with van der Waals surface area (Å²) < 4.78 is 3.88. The molecular weight excluding hydrogens is 268 g/mol. The van der Waals surface area contributed by atoms with Gasteiger partial charge in [0.1, 0.15) is 6.07 Å². The van der Waals surface area contributed by atoms with Crippen molar-refractivity contribution in [2.75, 3.05) is 18.0 Å². The first kappa shape index (κ1) is 13.1. The van der Waals surface area contributed by atoms with Crippen LogP contribution in [-0.2, 0) is 6.42 Å². The number of aromatic nitrogens is 2. The van der Waals surface area contributed by atoms with Crippen molar-refractivity contribution in [2.45, 2.75) is 19.3 Å². The predicted octanol–water partition coefficient (Wildman–Crippen LogP) is 2.87.